The molecule has 0 atom stereocenters. The molecule has 0 saturated heterocycles. The lowest BCUT2D eigenvalue weighted by atomic mass is 10.1. The van der Waals surface area contributed by atoms with Gasteiger partial charge in [-0.1, -0.05) is 73.3 Å². The van der Waals surface area contributed by atoms with E-state index in [4.69, 9.17) is 0 Å². The summed E-state index contributed by atoms with van der Waals surface area (Å²) >= 11 is 2.93. The molecule has 1 N–H and O–H groups in total. The molecule has 2 aromatic carbocycles. The second-order valence-corrected chi connectivity index (χ2v) is 8.77. The summed E-state index contributed by atoms with van der Waals surface area (Å²) < 4.78 is 0.809. The Kier molecular flexibility index (Phi) is 6.68. The Hall–Kier alpha value is -2.12. The molecule has 7 heteroatoms. The average molecular weight is 401 g/mol. The van der Waals surface area contributed by atoms with Crippen LogP contribution in [0.3, 0.4) is 0 Å². The van der Waals surface area contributed by atoms with E-state index < -0.39 is 0 Å². The monoisotopic (exact) mass is 400 g/mol. The second kappa shape index (κ2) is 9.19. The number of fused-ring (bicyclic) bond motifs is 1. The maximum atomic E-state index is 12.9. The Labute approximate surface area is 168 Å². The number of thioether (sulfide) groups is 1. The van der Waals surface area contributed by atoms with Crippen molar-refractivity contribution < 1.29 is 4.79 Å². The molecule has 142 valence electrons. The Morgan fingerprint density at radius 3 is 2.74 bits per heavy atom. The lowest BCUT2D eigenvalue weighted by Crippen LogP contribution is -2.32. The van der Waals surface area contributed by atoms with Crippen LogP contribution in [0.5, 0.6) is 0 Å². The highest BCUT2D eigenvalue weighted by atomic mass is 32.2. The molecule has 0 fully saturated rings. The molecule has 1 aromatic heterocycles. The molecule has 0 bridgehead atoms. The zero-order chi connectivity index (χ0) is 19.2. The van der Waals surface area contributed by atoms with Gasteiger partial charge in [0.15, 0.2) is 4.34 Å². The molecule has 0 saturated carbocycles. The molecule has 5 nitrogen and oxygen atoms in total. The number of amides is 1. The third-order valence-electron chi connectivity index (χ3n) is 4.06. The van der Waals surface area contributed by atoms with Crippen LogP contribution in [0.1, 0.15) is 20.8 Å². The predicted molar refractivity (Wildman–Crippen MR) is 116 cm³/mol. The number of anilines is 2. The maximum absolute atomic E-state index is 12.9. The lowest BCUT2D eigenvalue weighted by molar-refractivity contribution is -0.116. The maximum Gasteiger partial charge on any atom is 0.237 e. The highest BCUT2D eigenvalue weighted by Crippen LogP contribution is 2.29. The topological polar surface area (TPSA) is 58.1 Å². The van der Waals surface area contributed by atoms with Crippen LogP contribution in [-0.2, 0) is 4.79 Å². The number of carbonyl (C=O) groups excluding carboxylic acids is 1. The molecule has 0 unspecified atom stereocenters. The Morgan fingerprint density at radius 2 is 1.96 bits per heavy atom. The normalized spacial score (nSPS) is 11.1. The molecule has 0 aliphatic carbocycles. The first kappa shape index (κ1) is 19.6. The smallest absolute Gasteiger partial charge is 0.237 e. The minimum absolute atomic E-state index is 0.0748. The van der Waals surface area contributed by atoms with E-state index in [9.17, 15) is 4.79 Å². The van der Waals surface area contributed by atoms with Crippen molar-refractivity contribution in [1.29, 1.82) is 0 Å². The number of hydrogen-bond acceptors (Lipinski definition) is 6. The number of benzene rings is 2. The van der Waals surface area contributed by atoms with E-state index in [0.717, 1.165) is 32.5 Å². The van der Waals surface area contributed by atoms with Crippen LogP contribution in [0.2, 0.25) is 0 Å². The fraction of sp³-hybridized carbons (Fsp3) is 0.350. The van der Waals surface area contributed by atoms with Gasteiger partial charge in [0.1, 0.15) is 0 Å². The van der Waals surface area contributed by atoms with E-state index in [1.54, 1.807) is 0 Å². The van der Waals surface area contributed by atoms with Crippen LogP contribution in [0.25, 0.3) is 10.8 Å². The fourth-order valence-electron chi connectivity index (χ4n) is 2.76. The first-order chi connectivity index (χ1) is 13.1. The van der Waals surface area contributed by atoms with Crippen LogP contribution in [0.15, 0.2) is 46.8 Å². The summed E-state index contributed by atoms with van der Waals surface area (Å²) in [6.45, 7) is 7.79. The Balaban J connectivity index is 1.67. The zero-order valence-corrected chi connectivity index (χ0v) is 17.4. The standard InChI is InChI=1S/C20H24N4OS2/c1-4-24(17-11-7-9-15-8-5-6-10-16(15)17)18(25)13-26-20-23-22-19(27-20)21-12-14(2)3/h5-11,14H,4,12-13H2,1-3H3,(H,21,22). The van der Waals surface area contributed by atoms with Gasteiger partial charge in [0.05, 0.1) is 11.4 Å². The van der Waals surface area contributed by atoms with E-state index >= 15 is 0 Å². The number of hydrogen-bond donors (Lipinski definition) is 1. The highest BCUT2D eigenvalue weighted by Gasteiger charge is 2.17. The minimum atomic E-state index is 0.0748. The molecule has 3 aromatic rings. The SMILES string of the molecule is CCN(C(=O)CSc1nnc(NCC(C)C)s1)c1cccc2ccccc12. The van der Waals surface area contributed by atoms with E-state index in [0.29, 0.717) is 18.2 Å². The van der Waals surface area contributed by atoms with Gasteiger partial charge >= 0.3 is 0 Å². The van der Waals surface area contributed by atoms with Crippen molar-refractivity contribution in [2.24, 2.45) is 5.92 Å². The Bertz CT molecular complexity index is 904. The van der Waals surface area contributed by atoms with Crippen LogP contribution in [-0.4, -0.2) is 34.9 Å². The fourth-order valence-corrected chi connectivity index (χ4v) is 4.39. The van der Waals surface area contributed by atoms with Crippen molar-refractivity contribution in [2.75, 3.05) is 29.1 Å². The van der Waals surface area contributed by atoms with Crippen LogP contribution in [0.4, 0.5) is 10.8 Å². The van der Waals surface area contributed by atoms with Gasteiger partial charge in [-0.05, 0) is 24.3 Å². The van der Waals surface area contributed by atoms with E-state index in [2.05, 4.69) is 47.6 Å². The number of carbonyl (C=O) groups is 1. The number of aromatic nitrogens is 2. The van der Waals surface area contributed by atoms with Gasteiger partial charge in [-0.25, -0.2) is 0 Å². The van der Waals surface area contributed by atoms with Crippen molar-refractivity contribution in [1.82, 2.24) is 10.2 Å². The van der Waals surface area contributed by atoms with Gasteiger partial charge in [0, 0.05) is 18.5 Å². The van der Waals surface area contributed by atoms with Crippen molar-refractivity contribution >= 4 is 50.6 Å². The highest BCUT2D eigenvalue weighted by molar-refractivity contribution is 8.01. The minimum Gasteiger partial charge on any atom is -0.360 e. The second-order valence-electron chi connectivity index (χ2n) is 6.57. The molecule has 0 spiro atoms. The summed E-state index contributed by atoms with van der Waals surface area (Å²) in [6.07, 6.45) is 0. The van der Waals surface area contributed by atoms with Gasteiger partial charge in [-0.2, -0.15) is 0 Å². The van der Waals surface area contributed by atoms with E-state index in [1.807, 2.05) is 36.1 Å². The summed E-state index contributed by atoms with van der Waals surface area (Å²) in [5.74, 6) is 0.965. The van der Waals surface area contributed by atoms with Crippen molar-refractivity contribution in [3.8, 4) is 0 Å². The van der Waals surface area contributed by atoms with Crippen molar-refractivity contribution in [3.05, 3.63) is 42.5 Å². The van der Waals surface area contributed by atoms with Gasteiger partial charge in [0.25, 0.3) is 0 Å². The van der Waals surface area contributed by atoms with Gasteiger partial charge in [0.2, 0.25) is 11.0 Å². The zero-order valence-electron chi connectivity index (χ0n) is 15.8. The Morgan fingerprint density at radius 1 is 1.19 bits per heavy atom. The van der Waals surface area contributed by atoms with Crippen molar-refractivity contribution in [3.63, 3.8) is 0 Å². The number of nitrogens with one attached hydrogen (secondary N) is 1. The molecular weight excluding hydrogens is 376 g/mol. The van der Waals surface area contributed by atoms with Gasteiger partial charge < -0.3 is 10.2 Å². The molecular formula is C20H24N4OS2. The van der Waals surface area contributed by atoms with Crippen LogP contribution >= 0.6 is 23.1 Å². The summed E-state index contributed by atoms with van der Waals surface area (Å²) in [5.41, 5.74) is 0.956. The number of nitrogens with zero attached hydrogens (tertiary/aromatic N) is 3. The largest absolute Gasteiger partial charge is 0.360 e. The third kappa shape index (κ3) is 4.99. The molecule has 0 aliphatic heterocycles. The summed E-state index contributed by atoms with van der Waals surface area (Å²) in [4.78, 5) is 14.7. The van der Waals surface area contributed by atoms with Crippen molar-refractivity contribution in [2.45, 2.75) is 25.1 Å². The van der Waals surface area contributed by atoms with E-state index in [-0.39, 0.29) is 5.91 Å². The first-order valence-electron chi connectivity index (χ1n) is 9.06. The number of rotatable bonds is 8. The van der Waals surface area contributed by atoms with E-state index in [1.165, 1.54) is 23.1 Å². The van der Waals surface area contributed by atoms with Gasteiger partial charge in [-0.3, -0.25) is 4.79 Å². The first-order valence-corrected chi connectivity index (χ1v) is 10.9. The quantitative estimate of drug-likeness (QED) is 0.545. The third-order valence-corrected chi connectivity index (χ3v) is 6.06. The molecule has 0 radical (unpaired) electrons. The molecule has 0 aliphatic rings. The summed E-state index contributed by atoms with van der Waals surface area (Å²) in [6, 6.07) is 14.2. The van der Waals surface area contributed by atoms with Crippen LogP contribution in [0, 0.1) is 5.92 Å². The summed E-state index contributed by atoms with van der Waals surface area (Å²) in [7, 11) is 0. The van der Waals surface area contributed by atoms with Crippen LogP contribution < -0.4 is 10.2 Å². The molecule has 27 heavy (non-hydrogen) atoms. The molecule has 1 heterocycles. The summed E-state index contributed by atoms with van der Waals surface area (Å²) in [5, 5.41) is 14.6. The predicted octanol–water partition coefficient (Wildman–Crippen LogP) is 4.90. The molecule has 3 rings (SSSR count). The lowest BCUT2D eigenvalue weighted by Gasteiger charge is -2.22. The van der Waals surface area contributed by atoms with Gasteiger partial charge in [-0.15, -0.1) is 10.2 Å². The average Bonchev–Trinajstić information content (AvgIpc) is 3.13. The molecule has 1 amide bonds.